The van der Waals surface area contributed by atoms with Crippen molar-refractivity contribution in [2.75, 3.05) is 0 Å². The Balaban J connectivity index is 1.87. The van der Waals surface area contributed by atoms with Crippen LogP contribution in [0.15, 0.2) is 48.5 Å². The number of fused-ring (bicyclic) bond motifs is 1. The van der Waals surface area contributed by atoms with Gasteiger partial charge in [0.05, 0.1) is 0 Å². The summed E-state index contributed by atoms with van der Waals surface area (Å²) in [5, 5.41) is 0. The van der Waals surface area contributed by atoms with Gasteiger partial charge in [-0.1, -0.05) is 55.5 Å². The second-order valence-electron chi connectivity index (χ2n) is 5.25. The Labute approximate surface area is 114 Å². The van der Waals surface area contributed by atoms with Gasteiger partial charge in [0, 0.05) is 11.5 Å². The lowest BCUT2D eigenvalue weighted by Gasteiger charge is -2.11. The zero-order valence-corrected chi connectivity index (χ0v) is 11.2. The van der Waals surface area contributed by atoms with Gasteiger partial charge in [-0.3, -0.25) is 4.79 Å². The average molecular weight is 250 g/mol. The molecule has 0 saturated heterocycles. The first-order valence-corrected chi connectivity index (χ1v) is 6.98. The fourth-order valence-corrected chi connectivity index (χ4v) is 3.03. The molecule has 0 atom stereocenters. The van der Waals surface area contributed by atoms with Gasteiger partial charge in [-0.15, -0.1) is 0 Å². The molecule has 2 aromatic carbocycles. The number of hydrogen-bond donors (Lipinski definition) is 0. The fraction of sp³-hybridized carbons (Fsp3) is 0.278. The molecule has 0 aromatic heterocycles. The molecule has 0 aliphatic heterocycles. The lowest BCUT2D eigenvalue weighted by Crippen LogP contribution is -2.16. The van der Waals surface area contributed by atoms with E-state index >= 15 is 0 Å². The van der Waals surface area contributed by atoms with Crippen LogP contribution in [0.3, 0.4) is 0 Å². The number of aryl methyl sites for hydroxylation is 1. The van der Waals surface area contributed by atoms with E-state index in [0.29, 0.717) is 5.78 Å². The maximum absolute atomic E-state index is 12.7. The summed E-state index contributed by atoms with van der Waals surface area (Å²) < 4.78 is 0. The van der Waals surface area contributed by atoms with E-state index in [1.54, 1.807) is 0 Å². The van der Waals surface area contributed by atoms with Gasteiger partial charge in [0.2, 0.25) is 0 Å². The molecule has 3 rings (SSSR count). The van der Waals surface area contributed by atoms with Crippen LogP contribution >= 0.6 is 0 Å². The van der Waals surface area contributed by atoms with Crippen molar-refractivity contribution in [1.82, 2.24) is 0 Å². The summed E-state index contributed by atoms with van der Waals surface area (Å²) in [6.45, 7) is 2.11. The quantitative estimate of drug-likeness (QED) is 0.756. The Morgan fingerprint density at radius 1 is 1.00 bits per heavy atom. The van der Waals surface area contributed by atoms with Gasteiger partial charge in [-0.25, -0.2) is 0 Å². The van der Waals surface area contributed by atoms with E-state index in [1.807, 2.05) is 18.2 Å². The zero-order valence-electron chi connectivity index (χ0n) is 11.2. The molecule has 0 N–H and O–H groups in total. The molecule has 96 valence electrons. The fourth-order valence-electron chi connectivity index (χ4n) is 3.03. The molecule has 0 bridgehead atoms. The highest BCUT2D eigenvalue weighted by molar-refractivity contribution is 5.99. The van der Waals surface area contributed by atoms with Crippen LogP contribution < -0.4 is 0 Å². The standard InChI is InChI=1S/C18H18O/c1-2-13-7-5-6-10-17(13)18(19)16-11-14-8-3-4-9-15(14)12-16/h3-10,16H,2,11-12H2,1H3. The minimum absolute atomic E-state index is 0.130. The van der Waals surface area contributed by atoms with Gasteiger partial charge >= 0.3 is 0 Å². The van der Waals surface area contributed by atoms with Gasteiger partial charge in [0.25, 0.3) is 0 Å². The van der Waals surface area contributed by atoms with Crippen LogP contribution in [0, 0.1) is 5.92 Å². The molecular weight excluding hydrogens is 232 g/mol. The highest BCUT2D eigenvalue weighted by Crippen LogP contribution is 2.29. The van der Waals surface area contributed by atoms with E-state index < -0.39 is 0 Å². The molecule has 0 radical (unpaired) electrons. The Hall–Kier alpha value is -1.89. The topological polar surface area (TPSA) is 17.1 Å². The normalized spacial score (nSPS) is 14.4. The predicted molar refractivity (Wildman–Crippen MR) is 77.5 cm³/mol. The first-order valence-electron chi connectivity index (χ1n) is 6.98. The summed E-state index contributed by atoms with van der Waals surface area (Å²) >= 11 is 0. The molecule has 0 heterocycles. The lowest BCUT2D eigenvalue weighted by atomic mass is 9.91. The molecular formula is C18H18O. The van der Waals surface area contributed by atoms with Crippen molar-refractivity contribution < 1.29 is 4.79 Å². The van der Waals surface area contributed by atoms with Gasteiger partial charge in [0.15, 0.2) is 5.78 Å². The van der Waals surface area contributed by atoms with Gasteiger partial charge in [-0.05, 0) is 36.0 Å². The molecule has 0 unspecified atom stereocenters. The summed E-state index contributed by atoms with van der Waals surface area (Å²) in [5.41, 5.74) is 4.77. The van der Waals surface area contributed by atoms with Gasteiger partial charge < -0.3 is 0 Å². The van der Waals surface area contributed by atoms with Crippen LogP contribution in [0.1, 0.15) is 34.0 Å². The van der Waals surface area contributed by atoms with Crippen LogP contribution in [0.4, 0.5) is 0 Å². The minimum atomic E-state index is 0.130. The maximum atomic E-state index is 12.7. The Bertz CT molecular complexity index is 588. The van der Waals surface area contributed by atoms with Crippen LogP contribution in [-0.2, 0) is 19.3 Å². The van der Waals surface area contributed by atoms with Crippen molar-refractivity contribution in [2.24, 2.45) is 5.92 Å². The maximum Gasteiger partial charge on any atom is 0.166 e. The molecule has 1 heteroatoms. The second-order valence-corrected chi connectivity index (χ2v) is 5.25. The van der Waals surface area contributed by atoms with E-state index in [-0.39, 0.29) is 5.92 Å². The minimum Gasteiger partial charge on any atom is -0.294 e. The van der Waals surface area contributed by atoms with E-state index in [4.69, 9.17) is 0 Å². The molecule has 1 nitrogen and oxygen atoms in total. The second kappa shape index (κ2) is 5.00. The number of carbonyl (C=O) groups excluding carboxylic acids is 1. The summed E-state index contributed by atoms with van der Waals surface area (Å²) in [4.78, 5) is 12.7. The monoisotopic (exact) mass is 250 g/mol. The molecule has 1 aliphatic carbocycles. The van der Waals surface area contributed by atoms with Crippen LogP contribution in [0.2, 0.25) is 0 Å². The number of carbonyl (C=O) groups is 1. The molecule has 0 saturated carbocycles. The Morgan fingerprint density at radius 3 is 2.21 bits per heavy atom. The Morgan fingerprint density at radius 2 is 1.58 bits per heavy atom. The summed E-state index contributed by atoms with van der Waals surface area (Å²) in [6, 6.07) is 16.4. The van der Waals surface area contributed by atoms with E-state index in [1.165, 1.54) is 16.7 Å². The number of Topliss-reactive ketones (excluding diaryl/α,β-unsaturated/α-hetero) is 1. The van der Waals surface area contributed by atoms with E-state index in [9.17, 15) is 4.79 Å². The van der Waals surface area contributed by atoms with Crippen molar-refractivity contribution in [3.63, 3.8) is 0 Å². The van der Waals surface area contributed by atoms with E-state index in [0.717, 1.165) is 24.8 Å². The van der Waals surface area contributed by atoms with Gasteiger partial charge in [-0.2, -0.15) is 0 Å². The molecule has 19 heavy (non-hydrogen) atoms. The lowest BCUT2D eigenvalue weighted by molar-refractivity contribution is 0.0924. The number of rotatable bonds is 3. The average Bonchev–Trinajstić information content (AvgIpc) is 2.90. The van der Waals surface area contributed by atoms with Crippen LogP contribution in [0.5, 0.6) is 0 Å². The van der Waals surface area contributed by atoms with Crippen LogP contribution in [-0.4, -0.2) is 5.78 Å². The van der Waals surface area contributed by atoms with Crippen molar-refractivity contribution in [3.05, 3.63) is 70.8 Å². The largest absolute Gasteiger partial charge is 0.294 e. The smallest absolute Gasteiger partial charge is 0.166 e. The van der Waals surface area contributed by atoms with E-state index in [2.05, 4.69) is 37.3 Å². The third kappa shape index (κ3) is 2.21. The number of hydrogen-bond acceptors (Lipinski definition) is 1. The third-order valence-corrected chi connectivity index (χ3v) is 4.09. The van der Waals surface area contributed by atoms with Crippen molar-refractivity contribution >= 4 is 5.78 Å². The van der Waals surface area contributed by atoms with Crippen molar-refractivity contribution in [3.8, 4) is 0 Å². The number of ketones is 1. The molecule has 0 amide bonds. The summed E-state index contributed by atoms with van der Waals surface area (Å²) in [6.07, 6.45) is 2.71. The summed E-state index contributed by atoms with van der Waals surface area (Å²) in [5.74, 6) is 0.443. The molecule has 0 fully saturated rings. The third-order valence-electron chi connectivity index (χ3n) is 4.09. The SMILES string of the molecule is CCc1ccccc1C(=O)C1Cc2ccccc2C1. The van der Waals surface area contributed by atoms with Gasteiger partial charge in [0.1, 0.15) is 0 Å². The zero-order chi connectivity index (χ0) is 13.2. The van der Waals surface area contributed by atoms with Crippen LogP contribution in [0.25, 0.3) is 0 Å². The Kier molecular flexibility index (Phi) is 3.20. The predicted octanol–water partition coefficient (Wildman–Crippen LogP) is 3.85. The van der Waals surface area contributed by atoms with Crippen molar-refractivity contribution in [2.45, 2.75) is 26.2 Å². The van der Waals surface area contributed by atoms with Crippen molar-refractivity contribution in [1.29, 1.82) is 0 Å². The molecule has 1 aliphatic rings. The number of benzene rings is 2. The summed E-state index contributed by atoms with van der Waals surface area (Å²) in [7, 11) is 0. The molecule has 2 aromatic rings. The highest BCUT2D eigenvalue weighted by atomic mass is 16.1. The molecule has 0 spiro atoms. The first kappa shape index (κ1) is 12.2. The first-order chi connectivity index (χ1) is 9.29. The highest BCUT2D eigenvalue weighted by Gasteiger charge is 2.28.